The Kier molecular flexibility index (Phi) is 5.75. The van der Waals surface area contributed by atoms with Gasteiger partial charge in [0.2, 0.25) is 5.95 Å². The maximum Gasteiger partial charge on any atom is 0.258 e. The molecule has 1 fully saturated rings. The SMILES string of the molecule is CCc1cccc(-n2c(SCc3cc(=O)n4ccsc4n3)nnc2N2CCOCC2)c1. The number of rotatable bonds is 6. The normalized spacial score (nSPS) is 14.4. The van der Waals surface area contributed by atoms with Gasteiger partial charge in [0.05, 0.1) is 24.6 Å². The van der Waals surface area contributed by atoms with Crippen LogP contribution in [0, 0.1) is 0 Å². The van der Waals surface area contributed by atoms with E-state index in [-0.39, 0.29) is 5.56 Å². The van der Waals surface area contributed by atoms with Crippen LogP contribution >= 0.6 is 23.1 Å². The number of fused-ring (bicyclic) bond motifs is 1. The monoisotopic (exact) mass is 454 g/mol. The van der Waals surface area contributed by atoms with E-state index in [1.807, 2.05) is 5.38 Å². The van der Waals surface area contributed by atoms with E-state index in [0.717, 1.165) is 42.0 Å². The first-order valence-electron chi connectivity index (χ1n) is 10.2. The Bertz CT molecular complexity index is 1260. The molecule has 1 aromatic carbocycles. The van der Waals surface area contributed by atoms with Crippen molar-refractivity contribution in [2.75, 3.05) is 31.2 Å². The number of morpholine rings is 1. The lowest BCUT2D eigenvalue weighted by molar-refractivity contribution is 0.122. The first kappa shape index (κ1) is 20.2. The number of hydrogen-bond acceptors (Lipinski definition) is 8. The van der Waals surface area contributed by atoms with Crippen LogP contribution in [0.4, 0.5) is 5.95 Å². The molecule has 10 heteroatoms. The van der Waals surface area contributed by atoms with Crippen molar-refractivity contribution in [1.82, 2.24) is 24.1 Å². The molecule has 1 aliphatic heterocycles. The van der Waals surface area contributed by atoms with Crippen LogP contribution in [0.25, 0.3) is 10.6 Å². The van der Waals surface area contributed by atoms with Crippen LogP contribution in [0.3, 0.4) is 0 Å². The molecule has 0 bridgehead atoms. The van der Waals surface area contributed by atoms with Gasteiger partial charge in [-0.25, -0.2) is 4.98 Å². The quantitative estimate of drug-likeness (QED) is 0.415. The Labute approximate surface area is 187 Å². The highest BCUT2D eigenvalue weighted by Gasteiger charge is 2.22. The Morgan fingerprint density at radius 1 is 1.19 bits per heavy atom. The highest BCUT2D eigenvalue weighted by atomic mass is 32.2. The lowest BCUT2D eigenvalue weighted by atomic mass is 10.1. The molecule has 160 valence electrons. The molecule has 3 aromatic heterocycles. The van der Waals surface area contributed by atoms with Crippen molar-refractivity contribution in [2.45, 2.75) is 24.3 Å². The topological polar surface area (TPSA) is 77.5 Å². The number of aryl methyl sites for hydroxylation is 1. The highest BCUT2D eigenvalue weighted by Crippen LogP contribution is 2.29. The molecule has 0 atom stereocenters. The number of anilines is 1. The second kappa shape index (κ2) is 8.81. The number of thiazole rings is 1. The van der Waals surface area contributed by atoms with Gasteiger partial charge in [-0.1, -0.05) is 30.8 Å². The Hall–Kier alpha value is -2.69. The molecule has 4 heterocycles. The Balaban J connectivity index is 1.49. The van der Waals surface area contributed by atoms with Gasteiger partial charge in [-0.2, -0.15) is 0 Å². The third-order valence-corrected chi connectivity index (χ3v) is 6.91. The second-order valence-electron chi connectivity index (χ2n) is 7.17. The maximum atomic E-state index is 12.3. The number of thioether (sulfide) groups is 1. The summed E-state index contributed by atoms with van der Waals surface area (Å²) in [4.78, 5) is 19.8. The van der Waals surface area contributed by atoms with E-state index < -0.39 is 0 Å². The van der Waals surface area contributed by atoms with Crippen molar-refractivity contribution in [3.63, 3.8) is 0 Å². The molecule has 0 unspecified atom stereocenters. The summed E-state index contributed by atoms with van der Waals surface area (Å²) in [6.07, 6.45) is 2.71. The molecule has 4 aromatic rings. The van der Waals surface area contributed by atoms with Gasteiger partial charge < -0.3 is 9.64 Å². The molecule has 0 saturated carbocycles. The van der Waals surface area contributed by atoms with E-state index in [0.29, 0.717) is 23.9 Å². The van der Waals surface area contributed by atoms with Crippen molar-refractivity contribution in [3.8, 4) is 5.69 Å². The minimum Gasteiger partial charge on any atom is -0.378 e. The molecule has 1 aliphatic rings. The number of hydrogen-bond donors (Lipinski definition) is 0. The first-order valence-corrected chi connectivity index (χ1v) is 12.1. The zero-order valence-corrected chi connectivity index (χ0v) is 18.7. The van der Waals surface area contributed by atoms with Gasteiger partial charge in [0.15, 0.2) is 10.1 Å². The third-order valence-electron chi connectivity index (χ3n) is 5.19. The van der Waals surface area contributed by atoms with Crippen molar-refractivity contribution in [1.29, 1.82) is 0 Å². The summed E-state index contributed by atoms with van der Waals surface area (Å²) in [6.45, 7) is 5.07. The first-order chi connectivity index (χ1) is 15.2. The molecular formula is C21H22N6O2S2. The van der Waals surface area contributed by atoms with Crippen molar-refractivity contribution < 1.29 is 4.74 Å². The van der Waals surface area contributed by atoms with Gasteiger partial charge in [0.1, 0.15) is 0 Å². The van der Waals surface area contributed by atoms with Gasteiger partial charge in [-0.3, -0.25) is 13.8 Å². The van der Waals surface area contributed by atoms with Crippen LogP contribution in [0.2, 0.25) is 0 Å². The van der Waals surface area contributed by atoms with E-state index >= 15 is 0 Å². The summed E-state index contributed by atoms with van der Waals surface area (Å²) in [7, 11) is 0. The van der Waals surface area contributed by atoms with Gasteiger partial charge >= 0.3 is 0 Å². The minimum atomic E-state index is -0.0621. The molecule has 0 aliphatic carbocycles. The van der Waals surface area contributed by atoms with Gasteiger partial charge in [-0.05, 0) is 24.1 Å². The summed E-state index contributed by atoms with van der Waals surface area (Å²) < 4.78 is 9.18. The van der Waals surface area contributed by atoms with Gasteiger partial charge in [0.25, 0.3) is 5.56 Å². The van der Waals surface area contributed by atoms with E-state index in [2.05, 4.69) is 55.8 Å². The average Bonchev–Trinajstić information content (AvgIpc) is 3.46. The molecule has 0 radical (unpaired) electrons. The number of nitrogens with zero attached hydrogens (tertiary/aromatic N) is 6. The van der Waals surface area contributed by atoms with Crippen LogP contribution in [0.1, 0.15) is 18.2 Å². The van der Waals surface area contributed by atoms with E-state index in [4.69, 9.17) is 4.74 Å². The van der Waals surface area contributed by atoms with Crippen LogP contribution in [0.5, 0.6) is 0 Å². The minimum absolute atomic E-state index is 0.0621. The third kappa shape index (κ3) is 4.10. The summed E-state index contributed by atoms with van der Waals surface area (Å²) in [5.41, 5.74) is 2.97. The smallest absolute Gasteiger partial charge is 0.258 e. The standard InChI is InChI=1S/C21H22N6O2S2/c1-2-15-4-3-5-17(12-15)27-19(25-6-9-29-10-7-25)23-24-21(27)31-14-16-13-18(28)26-8-11-30-20(26)22-16/h3-5,8,11-13H,2,6-7,9-10,14H2,1H3. The fourth-order valence-corrected chi connectivity index (χ4v) is 5.14. The van der Waals surface area contributed by atoms with Crippen LogP contribution in [-0.2, 0) is 16.9 Å². The predicted molar refractivity (Wildman–Crippen MR) is 123 cm³/mol. The molecule has 0 N–H and O–H groups in total. The number of aromatic nitrogens is 5. The molecule has 0 spiro atoms. The average molecular weight is 455 g/mol. The molecule has 1 saturated heterocycles. The highest BCUT2D eigenvalue weighted by molar-refractivity contribution is 7.98. The molecule has 8 nitrogen and oxygen atoms in total. The largest absolute Gasteiger partial charge is 0.378 e. The summed E-state index contributed by atoms with van der Waals surface area (Å²) in [6, 6.07) is 10.0. The number of benzene rings is 1. The van der Waals surface area contributed by atoms with E-state index in [9.17, 15) is 4.79 Å². The Morgan fingerprint density at radius 3 is 2.90 bits per heavy atom. The Morgan fingerprint density at radius 2 is 2.06 bits per heavy atom. The fourth-order valence-electron chi connectivity index (χ4n) is 3.57. The summed E-state index contributed by atoms with van der Waals surface area (Å²) >= 11 is 2.99. The second-order valence-corrected chi connectivity index (χ2v) is 8.99. The molecule has 0 amide bonds. The zero-order valence-electron chi connectivity index (χ0n) is 17.1. The predicted octanol–water partition coefficient (Wildman–Crippen LogP) is 3.03. The lowest BCUT2D eigenvalue weighted by Gasteiger charge is -2.28. The summed E-state index contributed by atoms with van der Waals surface area (Å²) in [5.74, 6) is 1.36. The van der Waals surface area contributed by atoms with Crippen LogP contribution in [-0.4, -0.2) is 50.5 Å². The van der Waals surface area contributed by atoms with Crippen molar-refractivity contribution in [3.05, 3.63) is 63.5 Å². The van der Waals surface area contributed by atoms with Crippen molar-refractivity contribution in [2.24, 2.45) is 0 Å². The van der Waals surface area contributed by atoms with E-state index in [1.165, 1.54) is 28.7 Å². The lowest BCUT2D eigenvalue weighted by Crippen LogP contribution is -2.37. The van der Waals surface area contributed by atoms with Crippen LogP contribution in [0.15, 0.2) is 51.9 Å². The fraction of sp³-hybridized carbons (Fsp3) is 0.333. The molecule has 5 rings (SSSR count). The number of ether oxygens (including phenoxy) is 1. The summed E-state index contributed by atoms with van der Waals surface area (Å²) in [5, 5.41) is 11.7. The molecule has 31 heavy (non-hydrogen) atoms. The van der Waals surface area contributed by atoms with Crippen LogP contribution < -0.4 is 10.5 Å². The van der Waals surface area contributed by atoms with Gasteiger partial charge in [-0.15, -0.1) is 21.5 Å². The van der Waals surface area contributed by atoms with Crippen molar-refractivity contribution >= 4 is 34.0 Å². The maximum absolute atomic E-state index is 12.3. The van der Waals surface area contributed by atoms with E-state index in [1.54, 1.807) is 16.7 Å². The molecular weight excluding hydrogens is 432 g/mol. The van der Waals surface area contributed by atoms with Gasteiger partial charge in [0, 0.05) is 36.5 Å². The zero-order chi connectivity index (χ0) is 21.2.